The lowest BCUT2D eigenvalue weighted by atomic mass is 10.1. The number of ether oxygens (including phenoxy) is 1. The number of morpholine rings is 1. The number of nitrogens with two attached hydrogens (primary N) is 1. The maximum atomic E-state index is 12.7. The molecular formula is C27H28Cl2N8O2. The standard InChI is InChI=1S/C27H28Cl2N8O2/c28-20-7-6-19(16-21(20)29)37-25(30)23-24(18-4-2-1-3-5-18)31-27(32-26(23)33-37)36-10-8-34(9-11-36)17-22(38)35-12-14-39-15-13-35/h1-7,16H,8-15,17,30H2. The second-order valence-electron chi connectivity index (χ2n) is 9.59. The number of benzene rings is 2. The van der Waals surface area contributed by atoms with Gasteiger partial charge < -0.3 is 20.3 Å². The Labute approximate surface area is 235 Å². The van der Waals surface area contributed by atoms with Gasteiger partial charge in [0.15, 0.2) is 5.65 Å². The first-order valence-electron chi connectivity index (χ1n) is 12.9. The van der Waals surface area contributed by atoms with Crippen LogP contribution in [0.15, 0.2) is 48.5 Å². The van der Waals surface area contributed by atoms with Crippen molar-refractivity contribution in [2.45, 2.75) is 0 Å². The van der Waals surface area contributed by atoms with Gasteiger partial charge in [-0.2, -0.15) is 4.98 Å². The van der Waals surface area contributed by atoms with Gasteiger partial charge in [-0.1, -0.05) is 53.5 Å². The average Bonchev–Trinajstić information content (AvgIpc) is 3.31. The Balaban J connectivity index is 1.29. The number of rotatable bonds is 5. The summed E-state index contributed by atoms with van der Waals surface area (Å²) in [5.74, 6) is 1.15. The molecule has 2 aromatic carbocycles. The van der Waals surface area contributed by atoms with Crippen LogP contribution in [0.3, 0.4) is 0 Å². The molecule has 1 amide bonds. The number of nitrogen functional groups attached to an aromatic ring is 1. The maximum Gasteiger partial charge on any atom is 0.236 e. The molecule has 6 rings (SSSR count). The minimum atomic E-state index is 0.152. The molecule has 2 aliphatic heterocycles. The van der Waals surface area contributed by atoms with Crippen LogP contribution in [0.5, 0.6) is 0 Å². The second kappa shape index (κ2) is 11.0. The van der Waals surface area contributed by atoms with E-state index in [9.17, 15) is 4.79 Å². The first-order valence-corrected chi connectivity index (χ1v) is 13.6. The molecule has 0 radical (unpaired) electrons. The number of fused-ring (bicyclic) bond motifs is 1. The Bertz CT molecular complexity index is 1500. The fourth-order valence-electron chi connectivity index (χ4n) is 4.97. The maximum absolute atomic E-state index is 12.7. The largest absolute Gasteiger partial charge is 0.383 e. The van der Waals surface area contributed by atoms with Crippen molar-refractivity contribution in [3.63, 3.8) is 0 Å². The molecule has 0 spiro atoms. The van der Waals surface area contributed by atoms with Crippen LogP contribution in [0.4, 0.5) is 11.8 Å². The summed E-state index contributed by atoms with van der Waals surface area (Å²) >= 11 is 12.4. The van der Waals surface area contributed by atoms with Gasteiger partial charge in [0.25, 0.3) is 0 Å². The van der Waals surface area contributed by atoms with Gasteiger partial charge in [-0.15, -0.1) is 5.10 Å². The van der Waals surface area contributed by atoms with E-state index in [0.717, 1.165) is 18.7 Å². The lowest BCUT2D eigenvalue weighted by Crippen LogP contribution is -2.51. The molecule has 4 heterocycles. The van der Waals surface area contributed by atoms with E-state index in [-0.39, 0.29) is 5.91 Å². The molecule has 0 unspecified atom stereocenters. The van der Waals surface area contributed by atoms with Gasteiger partial charge >= 0.3 is 0 Å². The summed E-state index contributed by atoms with van der Waals surface area (Å²) in [4.78, 5) is 28.7. The number of hydrogen-bond acceptors (Lipinski definition) is 8. The molecule has 2 fully saturated rings. The van der Waals surface area contributed by atoms with E-state index >= 15 is 0 Å². The zero-order chi connectivity index (χ0) is 26.9. The van der Waals surface area contributed by atoms with Crippen LogP contribution in [0.1, 0.15) is 0 Å². The average molecular weight is 567 g/mol. The van der Waals surface area contributed by atoms with E-state index in [1.54, 1.807) is 16.8 Å². The van der Waals surface area contributed by atoms with Gasteiger partial charge in [-0.25, -0.2) is 9.67 Å². The molecule has 202 valence electrons. The van der Waals surface area contributed by atoms with Gasteiger partial charge in [0.2, 0.25) is 11.9 Å². The molecule has 2 saturated heterocycles. The van der Waals surface area contributed by atoms with Crippen molar-refractivity contribution < 1.29 is 9.53 Å². The number of aromatic nitrogens is 4. The van der Waals surface area contributed by atoms with Crippen molar-refractivity contribution in [2.24, 2.45) is 0 Å². The zero-order valence-corrected chi connectivity index (χ0v) is 22.8. The van der Waals surface area contributed by atoms with Gasteiger partial charge in [-0.05, 0) is 18.2 Å². The second-order valence-corrected chi connectivity index (χ2v) is 10.4. The predicted molar refractivity (Wildman–Crippen MR) is 153 cm³/mol. The quantitative estimate of drug-likeness (QED) is 0.392. The Morgan fingerprint density at radius 3 is 2.38 bits per heavy atom. The Kier molecular flexibility index (Phi) is 7.26. The van der Waals surface area contributed by atoms with Gasteiger partial charge in [0, 0.05) is 44.8 Å². The fraction of sp³-hybridized carbons (Fsp3) is 0.333. The third-order valence-electron chi connectivity index (χ3n) is 7.13. The van der Waals surface area contributed by atoms with Crippen molar-refractivity contribution in [3.05, 3.63) is 58.6 Å². The van der Waals surface area contributed by atoms with E-state index in [1.165, 1.54) is 0 Å². The summed E-state index contributed by atoms with van der Waals surface area (Å²) in [5, 5.41) is 6.28. The topological polar surface area (TPSA) is 106 Å². The van der Waals surface area contributed by atoms with Crippen LogP contribution in [0.25, 0.3) is 28.0 Å². The molecule has 2 aromatic heterocycles. The summed E-state index contributed by atoms with van der Waals surface area (Å²) < 4.78 is 6.98. The Morgan fingerprint density at radius 2 is 1.67 bits per heavy atom. The summed E-state index contributed by atoms with van der Waals surface area (Å²) in [6, 6.07) is 15.1. The van der Waals surface area contributed by atoms with Gasteiger partial charge in [-0.3, -0.25) is 9.69 Å². The van der Waals surface area contributed by atoms with Crippen LogP contribution in [0, 0.1) is 0 Å². The smallest absolute Gasteiger partial charge is 0.236 e. The van der Waals surface area contributed by atoms with Crippen LogP contribution < -0.4 is 10.6 Å². The first-order chi connectivity index (χ1) is 19.0. The summed E-state index contributed by atoms with van der Waals surface area (Å²) in [7, 11) is 0. The van der Waals surface area contributed by atoms with Crippen molar-refractivity contribution in [2.75, 3.05) is 69.7 Å². The minimum Gasteiger partial charge on any atom is -0.383 e. The van der Waals surface area contributed by atoms with Crippen molar-refractivity contribution in [1.82, 2.24) is 29.5 Å². The highest BCUT2D eigenvalue weighted by Crippen LogP contribution is 2.34. The molecular weight excluding hydrogens is 539 g/mol. The fourth-order valence-corrected chi connectivity index (χ4v) is 5.26. The van der Waals surface area contributed by atoms with E-state index < -0.39 is 0 Å². The highest BCUT2D eigenvalue weighted by atomic mass is 35.5. The molecule has 0 atom stereocenters. The van der Waals surface area contributed by atoms with Crippen LogP contribution >= 0.6 is 23.2 Å². The number of piperazine rings is 1. The Morgan fingerprint density at radius 1 is 0.923 bits per heavy atom. The molecule has 12 heteroatoms. The number of anilines is 2. The highest BCUT2D eigenvalue weighted by molar-refractivity contribution is 6.42. The van der Waals surface area contributed by atoms with Crippen LogP contribution in [-0.4, -0.2) is 94.5 Å². The normalized spacial score (nSPS) is 16.7. The van der Waals surface area contributed by atoms with E-state index in [0.29, 0.717) is 90.2 Å². The number of amides is 1. The van der Waals surface area contributed by atoms with E-state index in [2.05, 4.69) is 9.80 Å². The molecule has 2 N–H and O–H groups in total. The summed E-state index contributed by atoms with van der Waals surface area (Å²) in [5.41, 5.74) is 9.44. The molecule has 39 heavy (non-hydrogen) atoms. The molecule has 2 aliphatic rings. The lowest BCUT2D eigenvalue weighted by Gasteiger charge is -2.36. The molecule has 0 bridgehead atoms. The highest BCUT2D eigenvalue weighted by Gasteiger charge is 2.26. The molecule has 0 saturated carbocycles. The van der Waals surface area contributed by atoms with Crippen LogP contribution in [0.2, 0.25) is 10.0 Å². The SMILES string of the molecule is Nc1c2c(-c3ccccc3)nc(N3CCN(CC(=O)N4CCOCC4)CC3)nc2nn1-c1ccc(Cl)c(Cl)c1. The summed E-state index contributed by atoms with van der Waals surface area (Å²) in [6.45, 7) is 5.80. The third kappa shape index (κ3) is 5.25. The number of carbonyl (C=O) groups is 1. The van der Waals surface area contributed by atoms with Crippen molar-refractivity contribution in [1.29, 1.82) is 0 Å². The molecule has 10 nitrogen and oxygen atoms in total. The zero-order valence-electron chi connectivity index (χ0n) is 21.3. The minimum absolute atomic E-state index is 0.152. The molecule has 4 aromatic rings. The number of carbonyl (C=O) groups excluding carboxylic acids is 1. The van der Waals surface area contributed by atoms with Crippen LogP contribution in [-0.2, 0) is 9.53 Å². The van der Waals surface area contributed by atoms with Gasteiger partial charge in [0.1, 0.15) is 5.82 Å². The lowest BCUT2D eigenvalue weighted by molar-refractivity contribution is -0.136. The number of nitrogens with zero attached hydrogens (tertiary/aromatic N) is 7. The van der Waals surface area contributed by atoms with E-state index in [1.807, 2.05) is 41.3 Å². The van der Waals surface area contributed by atoms with E-state index in [4.69, 9.17) is 48.7 Å². The predicted octanol–water partition coefficient (Wildman–Crippen LogP) is 3.35. The number of halogens is 2. The Hall–Kier alpha value is -3.44. The van der Waals surface area contributed by atoms with Crippen molar-refractivity contribution >= 4 is 51.9 Å². The third-order valence-corrected chi connectivity index (χ3v) is 7.87. The summed E-state index contributed by atoms with van der Waals surface area (Å²) in [6.07, 6.45) is 0. The molecule has 0 aliphatic carbocycles. The number of hydrogen-bond donors (Lipinski definition) is 1. The monoisotopic (exact) mass is 566 g/mol. The van der Waals surface area contributed by atoms with Gasteiger partial charge in [0.05, 0.1) is 46.6 Å². The van der Waals surface area contributed by atoms with Crippen molar-refractivity contribution in [3.8, 4) is 16.9 Å². The first kappa shape index (κ1) is 25.8.